The van der Waals surface area contributed by atoms with Gasteiger partial charge in [0.1, 0.15) is 5.82 Å². The van der Waals surface area contributed by atoms with Crippen LogP contribution in [0, 0.1) is 5.92 Å². The Morgan fingerprint density at radius 3 is 2.65 bits per heavy atom. The summed E-state index contributed by atoms with van der Waals surface area (Å²) in [6.45, 7) is 4.98. The molecule has 0 fully saturated rings. The molecule has 0 amide bonds. The Morgan fingerprint density at radius 2 is 1.85 bits per heavy atom. The van der Waals surface area contributed by atoms with Gasteiger partial charge in [0, 0.05) is 57.0 Å². The van der Waals surface area contributed by atoms with E-state index in [0.717, 1.165) is 50.7 Å². The lowest BCUT2D eigenvalue weighted by Crippen LogP contribution is -2.29. The minimum absolute atomic E-state index is 0.601. The minimum atomic E-state index is 0.601. The maximum Gasteiger partial charge on any atom is 0.125 e. The van der Waals surface area contributed by atoms with E-state index >= 15 is 0 Å². The number of hydrogen-bond acceptors (Lipinski definition) is 4. The topological polar surface area (TPSA) is 46.0 Å². The highest BCUT2D eigenvalue weighted by atomic mass is 15.2. The third-order valence-corrected chi connectivity index (χ3v) is 4.92. The molecule has 134 valence electrons. The molecule has 4 rings (SSSR count). The smallest absolute Gasteiger partial charge is 0.125 e. The quantitative estimate of drug-likeness (QED) is 0.742. The van der Waals surface area contributed by atoms with Crippen molar-refractivity contribution in [2.75, 3.05) is 18.4 Å². The normalized spacial score (nSPS) is 17.5. The maximum atomic E-state index is 4.50. The van der Waals surface area contributed by atoms with Gasteiger partial charge in [-0.1, -0.05) is 12.1 Å². The number of rotatable bonds is 6. The number of pyridine rings is 2. The predicted octanol–water partition coefficient (Wildman–Crippen LogP) is 3.41. The molecule has 0 unspecified atom stereocenters. The number of hydrogen-bond donors (Lipinski definition) is 1. The fourth-order valence-electron chi connectivity index (χ4n) is 3.66. The first-order valence-corrected chi connectivity index (χ1v) is 9.28. The zero-order valence-electron chi connectivity index (χ0n) is 15.0. The van der Waals surface area contributed by atoms with Crippen molar-refractivity contribution in [2.24, 2.45) is 5.92 Å². The Labute approximate surface area is 154 Å². The molecule has 3 aromatic heterocycles. The second-order valence-corrected chi connectivity index (χ2v) is 6.94. The van der Waals surface area contributed by atoms with Gasteiger partial charge < -0.3 is 9.88 Å². The van der Waals surface area contributed by atoms with Crippen LogP contribution in [0.2, 0.25) is 0 Å². The van der Waals surface area contributed by atoms with E-state index in [0.29, 0.717) is 5.92 Å². The lowest BCUT2D eigenvalue weighted by molar-refractivity contribution is 0.215. The Morgan fingerprint density at radius 1 is 0.962 bits per heavy atom. The number of nitrogens with zero attached hydrogens (tertiary/aromatic N) is 4. The molecule has 3 aromatic rings. The van der Waals surface area contributed by atoms with E-state index in [9.17, 15) is 0 Å². The molecular weight excluding hydrogens is 322 g/mol. The van der Waals surface area contributed by atoms with Gasteiger partial charge in [-0.3, -0.25) is 9.88 Å². The van der Waals surface area contributed by atoms with Crippen LogP contribution in [-0.2, 0) is 19.6 Å². The predicted molar refractivity (Wildman–Crippen MR) is 104 cm³/mol. The standard InChI is InChI=1S/C21H25N5/c1-3-10-22-19(6-1)16-25-14-18(15-26-13-5-7-20(26)17-25)9-12-24-21-8-2-4-11-23-21/h1-8,10-11,13,18H,9,12,14-17H2,(H,23,24)/t18-/m1/s1. The highest BCUT2D eigenvalue weighted by Gasteiger charge is 2.21. The van der Waals surface area contributed by atoms with Crippen LogP contribution in [0.5, 0.6) is 0 Å². The van der Waals surface area contributed by atoms with Crippen LogP contribution in [0.1, 0.15) is 17.8 Å². The molecule has 1 atom stereocenters. The molecule has 0 saturated heterocycles. The molecule has 26 heavy (non-hydrogen) atoms. The summed E-state index contributed by atoms with van der Waals surface area (Å²) >= 11 is 0. The SMILES string of the molecule is c1ccc(CN2Cc3cccn3C[C@H](CCNc3ccccn3)C2)nc1. The van der Waals surface area contributed by atoms with Crippen molar-refractivity contribution in [3.8, 4) is 0 Å². The summed E-state index contributed by atoms with van der Waals surface area (Å²) in [5.41, 5.74) is 2.53. The average molecular weight is 347 g/mol. The van der Waals surface area contributed by atoms with Gasteiger partial charge in [0.15, 0.2) is 0 Å². The van der Waals surface area contributed by atoms with Crippen molar-refractivity contribution in [1.29, 1.82) is 0 Å². The third kappa shape index (κ3) is 4.29. The van der Waals surface area contributed by atoms with Crippen molar-refractivity contribution in [1.82, 2.24) is 19.4 Å². The van der Waals surface area contributed by atoms with E-state index in [-0.39, 0.29) is 0 Å². The number of fused-ring (bicyclic) bond motifs is 1. The average Bonchev–Trinajstić information content (AvgIpc) is 3.03. The number of nitrogens with one attached hydrogen (secondary N) is 1. The summed E-state index contributed by atoms with van der Waals surface area (Å²) in [4.78, 5) is 11.4. The molecule has 5 heteroatoms. The second kappa shape index (κ2) is 8.15. The third-order valence-electron chi connectivity index (χ3n) is 4.92. The van der Waals surface area contributed by atoms with E-state index in [1.54, 1.807) is 0 Å². The van der Waals surface area contributed by atoms with E-state index in [4.69, 9.17) is 0 Å². The van der Waals surface area contributed by atoms with Gasteiger partial charge in [-0.2, -0.15) is 0 Å². The zero-order chi connectivity index (χ0) is 17.6. The van der Waals surface area contributed by atoms with Gasteiger partial charge in [-0.05, 0) is 48.7 Å². The number of anilines is 1. The van der Waals surface area contributed by atoms with Crippen molar-refractivity contribution < 1.29 is 0 Å². The molecule has 0 bridgehead atoms. The monoisotopic (exact) mass is 347 g/mol. The molecule has 5 nitrogen and oxygen atoms in total. The van der Waals surface area contributed by atoms with Crippen molar-refractivity contribution in [2.45, 2.75) is 26.1 Å². The van der Waals surface area contributed by atoms with E-state index in [2.05, 4.69) is 55.2 Å². The summed E-state index contributed by atoms with van der Waals surface area (Å²) in [5, 5.41) is 3.44. The Hall–Kier alpha value is -2.66. The molecule has 0 spiro atoms. The molecule has 4 heterocycles. The summed E-state index contributed by atoms with van der Waals surface area (Å²) in [7, 11) is 0. The van der Waals surface area contributed by atoms with Crippen LogP contribution in [-0.4, -0.2) is 32.5 Å². The van der Waals surface area contributed by atoms with Gasteiger partial charge in [-0.15, -0.1) is 0 Å². The van der Waals surface area contributed by atoms with Gasteiger partial charge in [0.2, 0.25) is 0 Å². The summed E-state index contributed by atoms with van der Waals surface area (Å²) < 4.78 is 2.41. The van der Waals surface area contributed by atoms with Gasteiger partial charge >= 0.3 is 0 Å². The molecule has 1 N–H and O–H groups in total. The van der Waals surface area contributed by atoms with Crippen LogP contribution in [0.15, 0.2) is 67.1 Å². The molecule has 1 aliphatic heterocycles. The first-order chi connectivity index (χ1) is 12.9. The maximum absolute atomic E-state index is 4.50. The number of aromatic nitrogens is 3. The Kier molecular flexibility index (Phi) is 5.26. The van der Waals surface area contributed by atoms with E-state index < -0.39 is 0 Å². The molecular formula is C21H25N5. The van der Waals surface area contributed by atoms with Crippen LogP contribution >= 0.6 is 0 Å². The highest BCUT2D eigenvalue weighted by Crippen LogP contribution is 2.21. The first kappa shape index (κ1) is 16.8. The Balaban J connectivity index is 1.40. The zero-order valence-corrected chi connectivity index (χ0v) is 15.0. The van der Waals surface area contributed by atoms with Crippen LogP contribution in [0.3, 0.4) is 0 Å². The molecule has 0 radical (unpaired) electrons. The first-order valence-electron chi connectivity index (χ1n) is 9.28. The lowest BCUT2D eigenvalue weighted by Gasteiger charge is -2.23. The van der Waals surface area contributed by atoms with Gasteiger partial charge in [0.05, 0.1) is 5.69 Å². The van der Waals surface area contributed by atoms with Crippen molar-refractivity contribution >= 4 is 5.82 Å². The van der Waals surface area contributed by atoms with Crippen LogP contribution in [0.25, 0.3) is 0 Å². The fraction of sp³-hybridized carbons (Fsp3) is 0.333. The van der Waals surface area contributed by atoms with Crippen molar-refractivity contribution in [3.63, 3.8) is 0 Å². The second-order valence-electron chi connectivity index (χ2n) is 6.94. The van der Waals surface area contributed by atoms with Gasteiger partial charge in [0.25, 0.3) is 0 Å². The minimum Gasteiger partial charge on any atom is -0.370 e. The van der Waals surface area contributed by atoms with Gasteiger partial charge in [-0.25, -0.2) is 4.98 Å². The summed E-state index contributed by atoms with van der Waals surface area (Å²) in [5.74, 6) is 1.55. The van der Waals surface area contributed by atoms with Crippen molar-refractivity contribution in [3.05, 3.63) is 78.5 Å². The molecule has 1 aliphatic rings. The Bertz CT molecular complexity index is 800. The lowest BCUT2D eigenvalue weighted by atomic mass is 10.0. The molecule has 0 saturated carbocycles. The summed E-state index contributed by atoms with van der Waals surface area (Å²) in [6.07, 6.45) is 7.03. The fourth-order valence-corrected chi connectivity index (χ4v) is 3.66. The van der Waals surface area contributed by atoms with Crippen LogP contribution in [0.4, 0.5) is 5.82 Å². The highest BCUT2D eigenvalue weighted by molar-refractivity contribution is 5.32. The van der Waals surface area contributed by atoms with E-state index in [1.807, 2.05) is 36.7 Å². The molecule has 0 aliphatic carbocycles. The largest absolute Gasteiger partial charge is 0.370 e. The van der Waals surface area contributed by atoms with Crippen LogP contribution < -0.4 is 5.32 Å². The summed E-state index contributed by atoms with van der Waals surface area (Å²) in [6, 6.07) is 16.5. The molecule has 0 aromatic carbocycles. The van der Waals surface area contributed by atoms with E-state index in [1.165, 1.54) is 5.69 Å².